The van der Waals surface area contributed by atoms with E-state index in [0.29, 0.717) is 6.04 Å². The van der Waals surface area contributed by atoms with E-state index in [0.717, 1.165) is 46.1 Å². The molecule has 2 aliphatic carbocycles. The second-order valence-electron chi connectivity index (χ2n) is 6.56. The Morgan fingerprint density at radius 3 is 2.71 bits per heavy atom. The van der Waals surface area contributed by atoms with Gasteiger partial charge in [0.15, 0.2) is 0 Å². The van der Waals surface area contributed by atoms with Crippen LogP contribution in [0.25, 0.3) is 11.0 Å². The van der Waals surface area contributed by atoms with Crippen LogP contribution in [-0.4, -0.2) is 6.54 Å². The largest absolute Gasteiger partial charge is 0.459 e. The molecule has 0 aliphatic heterocycles. The third kappa shape index (κ3) is 2.39. The van der Waals surface area contributed by atoms with E-state index in [-0.39, 0.29) is 0 Å². The zero-order chi connectivity index (χ0) is 14.4. The van der Waals surface area contributed by atoms with Gasteiger partial charge in [0.2, 0.25) is 0 Å². The minimum atomic E-state index is 0.370. The lowest BCUT2D eigenvalue weighted by molar-refractivity contribution is 0.381. The second kappa shape index (κ2) is 5.33. The molecule has 0 amide bonds. The number of benzene rings is 1. The maximum absolute atomic E-state index is 6.12. The molecule has 3 atom stereocenters. The van der Waals surface area contributed by atoms with E-state index in [1.54, 1.807) is 0 Å². The molecule has 0 radical (unpaired) electrons. The first kappa shape index (κ1) is 13.7. The van der Waals surface area contributed by atoms with Gasteiger partial charge >= 0.3 is 0 Å². The normalized spacial score (nSPS) is 29.3. The van der Waals surface area contributed by atoms with E-state index < -0.39 is 0 Å². The van der Waals surface area contributed by atoms with Crippen molar-refractivity contribution in [2.45, 2.75) is 38.6 Å². The third-order valence-corrected chi connectivity index (χ3v) is 5.57. The second-order valence-corrected chi connectivity index (χ2v) is 6.99. The zero-order valence-electron chi connectivity index (χ0n) is 12.4. The predicted octanol–water partition coefficient (Wildman–Crippen LogP) is 5.17. The molecular formula is C18H22ClNO. The fourth-order valence-electron chi connectivity index (χ4n) is 4.38. The average molecular weight is 304 g/mol. The Morgan fingerprint density at radius 2 is 2.00 bits per heavy atom. The Morgan fingerprint density at radius 1 is 1.24 bits per heavy atom. The number of hydrogen-bond donors (Lipinski definition) is 1. The molecule has 2 aromatic rings. The molecule has 3 unspecified atom stereocenters. The van der Waals surface area contributed by atoms with Gasteiger partial charge in [0.1, 0.15) is 11.3 Å². The highest BCUT2D eigenvalue weighted by Gasteiger charge is 2.54. The maximum Gasteiger partial charge on any atom is 0.134 e. The van der Waals surface area contributed by atoms with Crippen molar-refractivity contribution in [1.29, 1.82) is 0 Å². The Bertz CT molecular complexity index is 638. The maximum atomic E-state index is 6.12. The van der Waals surface area contributed by atoms with Gasteiger partial charge in [-0.2, -0.15) is 0 Å². The van der Waals surface area contributed by atoms with Crippen LogP contribution in [0.5, 0.6) is 0 Å². The van der Waals surface area contributed by atoms with E-state index in [1.165, 1.54) is 25.7 Å². The van der Waals surface area contributed by atoms with E-state index in [4.69, 9.17) is 16.0 Å². The minimum absolute atomic E-state index is 0.370. The van der Waals surface area contributed by atoms with E-state index in [1.807, 2.05) is 18.2 Å². The molecule has 1 aromatic carbocycles. The summed E-state index contributed by atoms with van der Waals surface area (Å²) in [6.07, 6.45) is 5.63. The minimum Gasteiger partial charge on any atom is -0.459 e. The van der Waals surface area contributed by atoms with Crippen LogP contribution >= 0.6 is 11.6 Å². The topological polar surface area (TPSA) is 25.2 Å². The summed E-state index contributed by atoms with van der Waals surface area (Å²) in [5, 5.41) is 5.55. The highest BCUT2D eigenvalue weighted by molar-refractivity contribution is 6.31. The monoisotopic (exact) mass is 303 g/mol. The van der Waals surface area contributed by atoms with Gasteiger partial charge in [-0.05, 0) is 61.4 Å². The molecular weight excluding hydrogens is 282 g/mol. The lowest BCUT2D eigenvalue weighted by Crippen LogP contribution is -2.23. The summed E-state index contributed by atoms with van der Waals surface area (Å²) in [6.45, 7) is 3.16. The molecule has 1 aromatic heterocycles. The van der Waals surface area contributed by atoms with Crippen LogP contribution in [0.3, 0.4) is 0 Å². The standard InChI is InChI=1S/C18H22ClNO/c1-2-20-18(17-13-5-3-4-6-14(13)17)16-10-11-9-12(19)7-8-15(11)21-16/h7-10,13-14,17-18,20H,2-6H2,1H3. The summed E-state index contributed by atoms with van der Waals surface area (Å²) < 4.78 is 6.12. The summed E-state index contributed by atoms with van der Waals surface area (Å²) in [5.74, 6) is 3.69. The van der Waals surface area contributed by atoms with Crippen LogP contribution in [0.15, 0.2) is 28.7 Å². The van der Waals surface area contributed by atoms with E-state index in [9.17, 15) is 0 Å². The Kier molecular flexibility index (Phi) is 3.47. The zero-order valence-corrected chi connectivity index (χ0v) is 13.2. The molecule has 2 nitrogen and oxygen atoms in total. The van der Waals surface area contributed by atoms with Crippen molar-refractivity contribution >= 4 is 22.6 Å². The first-order valence-electron chi connectivity index (χ1n) is 8.20. The smallest absolute Gasteiger partial charge is 0.134 e. The first-order chi connectivity index (χ1) is 10.3. The highest BCUT2D eigenvalue weighted by Crippen LogP contribution is 2.60. The number of nitrogens with one attached hydrogen (secondary N) is 1. The molecule has 2 saturated carbocycles. The molecule has 3 heteroatoms. The molecule has 4 rings (SSSR count). The van der Waals surface area contributed by atoms with Crippen molar-refractivity contribution in [3.8, 4) is 0 Å². The Balaban J connectivity index is 1.66. The van der Waals surface area contributed by atoms with Gasteiger partial charge in [0.05, 0.1) is 6.04 Å². The van der Waals surface area contributed by atoms with Gasteiger partial charge in [0, 0.05) is 10.4 Å². The van der Waals surface area contributed by atoms with Gasteiger partial charge in [-0.15, -0.1) is 0 Å². The molecule has 1 N–H and O–H groups in total. The molecule has 2 fully saturated rings. The summed E-state index contributed by atoms with van der Waals surface area (Å²) in [6, 6.07) is 8.42. The number of fused-ring (bicyclic) bond motifs is 2. The highest BCUT2D eigenvalue weighted by atomic mass is 35.5. The van der Waals surface area contributed by atoms with E-state index in [2.05, 4.69) is 18.3 Å². The fourth-order valence-corrected chi connectivity index (χ4v) is 4.56. The molecule has 0 spiro atoms. The van der Waals surface area contributed by atoms with Crippen LogP contribution in [-0.2, 0) is 0 Å². The molecule has 21 heavy (non-hydrogen) atoms. The number of hydrogen-bond acceptors (Lipinski definition) is 2. The number of rotatable bonds is 4. The fraction of sp³-hybridized carbons (Fsp3) is 0.556. The number of furan rings is 1. The predicted molar refractivity (Wildman–Crippen MR) is 86.6 cm³/mol. The van der Waals surface area contributed by atoms with Crippen molar-refractivity contribution < 1.29 is 4.42 Å². The Hall–Kier alpha value is -0.990. The van der Waals surface area contributed by atoms with Crippen LogP contribution in [0, 0.1) is 17.8 Å². The summed E-state index contributed by atoms with van der Waals surface area (Å²) in [4.78, 5) is 0. The number of halogens is 1. The van der Waals surface area contributed by atoms with Crippen molar-refractivity contribution in [3.05, 3.63) is 35.0 Å². The first-order valence-corrected chi connectivity index (χ1v) is 8.58. The van der Waals surface area contributed by atoms with Gasteiger partial charge in [-0.25, -0.2) is 0 Å². The van der Waals surface area contributed by atoms with E-state index >= 15 is 0 Å². The van der Waals surface area contributed by atoms with Crippen LogP contribution < -0.4 is 5.32 Å². The third-order valence-electron chi connectivity index (χ3n) is 5.34. The van der Waals surface area contributed by atoms with Gasteiger partial charge in [0.25, 0.3) is 0 Å². The SMILES string of the molecule is CCNC(c1cc2cc(Cl)ccc2o1)C1C2CCCCC21. The van der Waals surface area contributed by atoms with Crippen LogP contribution in [0.1, 0.15) is 44.4 Å². The lowest BCUT2D eigenvalue weighted by Gasteiger charge is -2.15. The van der Waals surface area contributed by atoms with Crippen molar-refractivity contribution in [1.82, 2.24) is 5.32 Å². The molecule has 0 saturated heterocycles. The summed E-state index contributed by atoms with van der Waals surface area (Å²) in [7, 11) is 0. The molecule has 112 valence electrons. The van der Waals surface area contributed by atoms with Crippen molar-refractivity contribution in [2.24, 2.45) is 17.8 Å². The van der Waals surface area contributed by atoms with Crippen LogP contribution in [0.4, 0.5) is 0 Å². The lowest BCUT2D eigenvalue weighted by atomic mass is 10.0. The quantitative estimate of drug-likeness (QED) is 0.842. The van der Waals surface area contributed by atoms with Gasteiger partial charge in [-0.1, -0.05) is 31.4 Å². The van der Waals surface area contributed by atoms with Gasteiger partial charge in [-0.3, -0.25) is 0 Å². The molecule has 1 heterocycles. The summed E-state index contributed by atoms with van der Waals surface area (Å²) in [5.41, 5.74) is 0.945. The molecule has 0 bridgehead atoms. The van der Waals surface area contributed by atoms with Gasteiger partial charge < -0.3 is 9.73 Å². The molecule has 2 aliphatic rings. The summed E-state index contributed by atoms with van der Waals surface area (Å²) >= 11 is 6.09. The Labute approximate surface area is 130 Å². The van der Waals surface area contributed by atoms with Crippen molar-refractivity contribution in [3.63, 3.8) is 0 Å². The van der Waals surface area contributed by atoms with Crippen LogP contribution in [0.2, 0.25) is 5.02 Å². The average Bonchev–Trinajstić information content (AvgIpc) is 3.06. The van der Waals surface area contributed by atoms with Crippen molar-refractivity contribution in [2.75, 3.05) is 6.54 Å².